The fourth-order valence-electron chi connectivity index (χ4n) is 1.40. The Hall–Kier alpha value is -1.26. The Morgan fingerprint density at radius 2 is 2.19 bits per heavy atom. The monoisotopic (exact) mass is 236 g/mol. The van der Waals surface area contributed by atoms with Crippen LogP contribution in [-0.2, 0) is 6.54 Å². The standard InChI is InChI=1S/C12H13FN2S/c1-2-14-7-9-8-16-12(15-9)10-5-3-4-6-11(10)13/h3-6,8,14H,2,7H2,1H3. The van der Waals surface area contributed by atoms with Crippen molar-refractivity contribution >= 4 is 11.3 Å². The van der Waals surface area contributed by atoms with Crippen LogP contribution in [0.4, 0.5) is 4.39 Å². The number of benzene rings is 1. The van der Waals surface area contributed by atoms with Gasteiger partial charge in [0.1, 0.15) is 10.8 Å². The Balaban J connectivity index is 2.22. The molecule has 0 aliphatic carbocycles. The molecule has 0 spiro atoms. The molecule has 0 amide bonds. The lowest BCUT2D eigenvalue weighted by atomic mass is 10.2. The molecule has 2 aromatic rings. The molecule has 1 N–H and O–H groups in total. The highest BCUT2D eigenvalue weighted by Gasteiger charge is 2.08. The molecule has 1 aromatic carbocycles. The van der Waals surface area contributed by atoms with Crippen molar-refractivity contribution in [2.75, 3.05) is 6.54 Å². The molecule has 16 heavy (non-hydrogen) atoms. The molecule has 4 heteroatoms. The number of nitrogens with one attached hydrogen (secondary N) is 1. The van der Waals surface area contributed by atoms with Gasteiger partial charge in [0.25, 0.3) is 0 Å². The maximum Gasteiger partial charge on any atom is 0.133 e. The molecule has 2 nitrogen and oxygen atoms in total. The Bertz CT molecular complexity index is 468. The summed E-state index contributed by atoms with van der Waals surface area (Å²) in [6.45, 7) is 3.69. The highest BCUT2D eigenvalue weighted by atomic mass is 32.1. The van der Waals surface area contributed by atoms with Crippen molar-refractivity contribution in [3.8, 4) is 10.6 Å². The summed E-state index contributed by atoms with van der Waals surface area (Å²) in [5.41, 5.74) is 1.54. The lowest BCUT2D eigenvalue weighted by Crippen LogP contribution is -2.11. The van der Waals surface area contributed by atoms with Gasteiger partial charge in [-0.05, 0) is 18.7 Å². The summed E-state index contributed by atoms with van der Waals surface area (Å²) in [7, 11) is 0. The lowest BCUT2D eigenvalue weighted by Gasteiger charge is -1.98. The van der Waals surface area contributed by atoms with Crippen molar-refractivity contribution < 1.29 is 4.39 Å². The van der Waals surface area contributed by atoms with Crippen LogP contribution < -0.4 is 5.32 Å². The molecule has 0 fully saturated rings. The normalized spacial score (nSPS) is 10.6. The van der Waals surface area contributed by atoms with Gasteiger partial charge in [-0.15, -0.1) is 11.3 Å². The summed E-state index contributed by atoms with van der Waals surface area (Å²) in [6.07, 6.45) is 0. The van der Waals surface area contributed by atoms with Gasteiger partial charge in [-0.1, -0.05) is 19.1 Å². The first-order valence-corrected chi connectivity index (χ1v) is 6.09. The zero-order valence-corrected chi connectivity index (χ0v) is 9.85. The number of aromatic nitrogens is 1. The van der Waals surface area contributed by atoms with Crippen LogP contribution in [0.1, 0.15) is 12.6 Å². The molecule has 0 atom stereocenters. The molecule has 0 saturated heterocycles. The minimum atomic E-state index is -0.216. The number of rotatable bonds is 4. The first kappa shape index (κ1) is 11.2. The number of hydrogen-bond acceptors (Lipinski definition) is 3. The van der Waals surface area contributed by atoms with Gasteiger partial charge in [0.2, 0.25) is 0 Å². The molecular formula is C12H13FN2S. The van der Waals surface area contributed by atoms with E-state index in [1.807, 2.05) is 18.4 Å². The van der Waals surface area contributed by atoms with Gasteiger partial charge < -0.3 is 5.32 Å². The second-order valence-electron chi connectivity index (χ2n) is 3.40. The smallest absolute Gasteiger partial charge is 0.133 e. The first-order valence-electron chi connectivity index (χ1n) is 5.21. The zero-order valence-electron chi connectivity index (χ0n) is 9.03. The van der Waals surface area contributed by atoms with Gasteiger partial charge in [0.15, 0.2) is 0 Å². The van der Waals surface area contributed by atoms with Crippen LogP contribution in [0.15, 0.2) is 29.6 Å². The van der Waals surface area contributed by atoms with E-state index in [1.165, 1.54) is 17.4 Å². The summed E-state index contributed by atoms with van der Waals surface area (Å²) < 4.78 is 13.5. The van der Waals surface area contributed by atoms with Gasteiger partial charge in [0.05, 0.1) is 5.69 Å². The molecular weight excluding hydrogens is 223 g/mol. The first-order chi connectivity index (χ1) is 7.81. The number of nitrogens with zero attached hydrogens (tertiary/aromatic N) is 1. The second kappa shape index (κ2) is 5.18. The fourth-order valence-corrected chi connectivity index (χ4v) is 2.25. The Labute approximate surface area is 98.2 Å². The predicted molar refractivity (Wildman–Crippen MR) is 64.9 cm³/mol. The van der Waals surface area contributed by atoms with Crippen LogP contribution in [0.3, 0.4) is 0 Å². The van der Waals surface area contributed by atoms with E-state index in [4.69, 9.17) is 0 Å². The van der Waals surface area contributed by atoms with E-state index in [-0.39, 0.29) is 5.82 Å². The summed E-state index contributed by atoms with van der Waals surface area (Å²) in [5, 5.41) is 5.90. The Morgan fingerprint density at radius 1 is 1.38 bits per heavy atom. The van der Waals surface area contributed by atoms with Crippen LogP contribution in [0, 0.1) is 5.82 Å². The second-order valence-corrected chi connectivity index (χ2v) is 4.26. The van der Waals surface area contributed by atoms with Gasteiger partial charge in [0, 0.05) is 17.5 Å². The lowest BCUT2D eigenvalue weighted by molar-refractivity contribution is 0.631. The van der Waals surface area contributed by atoms with E-state index in [9.17, 15) is 4.39 Å². The topological polar surface area (TPSA) is 24.9 Å². The summed E-state index contributed by atoms with van der Waals surface area (Å²) in [4.78, 5) is 4.39. The third-order valence-corrected chi connectivity index (χ3v) is 3.14. The van der Waals surface area contributed by atoms with E-state index in [2.05, 4.69) is 10.3 Å². The highest BCUT2D eigenvalue weighted by molar-refractivity contribution is 7.13. The van der Waals surface area contributed by atoms with Gasteiger partial charge in [-0.2, -0.15) is 0 Å². The average Bonchev–Trinajstić information content (AvgIpc) is 2.75. The molecule has 0 bridgehead atoms. The molecule has 0 aliphatic rings. The summed E-state index contributed by atoms with van der Waals surface area (Å²) in [5.74, 6) is -0.216. The minimum absolute atomic E-state index is 0.216. The van der Waals surface area contributed by atoms with Gasteiger partial charge in [-0.3, -0.25) is 0 Å². The van der Waals surface area contributed by atoms with E-state index in [0.29, 0.717) is 5.56 Å². The van der Waals surface area contributed by atoms with Gasteiger partial charge >= 0.3 is 0 Å². The molecule has 1 aromatic heterocycles. The molecule has 0 radical (unpaired) electrons. The highest BCUT2D eigenvalue weighted by Crippen LogP contribution is 2.25. The number of hydrogen-bond donors (Lipinski definition) is 1. The van der Waals surface area contributed by atoms with Crippen LogP contribution in [0.5, 0.6) is 0 Å². The molecule has 0 saturated carbocycles. The SMILES string of the molecule is CCNCc1csc(-c2ccccc2F)n1. The number of thiazole rings is 1. The zero-order chi connectivity index (χ0) is 11.4. The van der Waals surface area contributed by atoms with Crippen molar-refractivity contribution in [3.05, 3.63) is 41.2 Å². The van der Waals surface area contributed by atoms with Gasteiger partial charge in [-0.25, -0.2) is 9.37 Å². The van der Waals surface area contributed by atoms with E-state index < -0.39 is 0 Å². The van der Waals surface area contributed by atoms with E-state index in [0.717, 1.165) is 23.8 Å². The molecule has 0 unspecified atom stereocenters. The third-order valence-electron chi connectivity index (χ3n) is 2.21. The van der Waals surface area contributed by atoms with Crippen molar-refractivity contribution in [2.24, 2.45) is 0 Å². The molecule has 0 aliphatic heterocycles. The fraction of sp³-hybridized carbons (Fsp3) is 0.250. The van der Waals surface area contributed by atoms with E-state index >= 15 is 0 Å². The predicted octanol–water partition coefficient (Wildman–Crippen LogP) is 3.06. The molecule has 1 heterocycles. The Kier molecular flexibility index (Phi) is 3.64. The van der Waals surface area contributed by atoms with Crippen molar-refractivity contribution in [3.63, 3.8) is 0 Å². The van der Waals surface area contributed by atoms with Crippen LogP contribution in [0.2, 0.25) is 0 Å². The van der Waals surface area contributed by atoms with Crippen LogP contribution in [0.25, 0.3) is 10.6 Å². The quantitative estimate of drug-likeness (QED) is 0.882. The summed E-state index contributed by atoms with van der Waals surface area (Å²) >= 11 is 1.48. The third kappa shape index (κ3) is 2.46. The van der Waals surface area contributed by atoms with Crippen molar-refractivity contribution in [1.82, 2.24) is 10.3 Å². The maximum atomic E-state index is 13.5. The average molecular weight is 236 g/mol. The molecule has 84 valence electrons. The van der Waals surface area contributed by atoms with Crippen molar-refractivity contribution in [2.45, 2.75) is 13.5 Å². The van der Waals surface area contributed by atoms with Crippen LogP contribution >= 0.6 is 11.3 Å². The summed E-state index contributed by atoms with van der Waals surface area (Å²) in [6, 6.07) is 6.72. The Morgan fingerprint density at radius 3 is 2.94 bits per heavy atom. The van der Waals surface area contributed by atoms with Crippen LogP contribution in [-0.4, -0.2) is 11.5 Å². The molecule has 2 rings (SSSR count). The van der Waals surface area contributed by atoms with E-state index in [1.54, 1.807) is 12.1 Å². The number of halogens is 1. The van der Waals surface area contributed by atoms with Crippen molar-refractivity contribution in [1.29, 1.82) is 0 Å². The minimum Gasteiger partial charge on any atom is -0.311 e. The largest absolute Gasteiger partial charge is 0.311 e. The maximum absolute atomic E-state index is 13.5.